The summed E-state index contributed by atoms with van der Waals surface area (Å²) in [4.78, 5) is 23.0. The number of aldehydes is 1. The van der Waals surface area contributed by atoms with Gasteiger partial charge in [0.25, 0.3) is 10.1 Å². The van der Waals surface area contributed by atoms with Crippen LogP contribution in [0.1, 0.15) is 33.6 Å². The lowest BCUT2D eigenvalue weighted by Gasteiger charge is -2.23. The normalized spacial score (nSPS) is 14.2. The molecule has 26 heavy (non-hydrogen) atoms. The largest absolute Gasteiger partial charge is 0.444 e. The quantitative estimate of drug-likeness (QED) is 0.380. The first-order valence-electron chi connectivity index (χ1n) is 8.13. The number of nitrogens with one attached hydrogen (secondary N) is 2. The van der Waals surface area contributed by atoms with Gasteiger partial charge in [-0.05, 0) is 45.7 Å². The van der Waals surface area contributed by atoms with Gasteiger partial charge in [-0.2, -0.15) is 8.42 Å². The monoisotopic (exact) mass is 386 g/mol. The Morgan fingerprint density at radius 1 is 1.19 bits per heavy atom. The fourth-order valence-electron chi connectivity index (χ4n) is 2.04. The molecule has 9 heteroatoms. The number of rotatable bonds is 9. The van der Waals surface area contributed by atoms with E-state index in [4.69, 9.17) is 8.92 Å². The molecule has 0 radical (unpaired) electrons. The summed E-state index contributed by atoms with van der Waals surface area (Å²) in [7, 11) is -3.71. The summed E-state index contributed by atoms with van der Waals surface area (Å²) in [6.07, 6.45) is 0.262. The highest BCUT2D eigenvalue weighted by atomic mass is 32.2. The predicted octanol–water partition coefficient (Wildman–Crippen LogP) is 2.27. The Bertz CT molecular complexity index is 685. The molecule has 0 aromatic heterocycles. The van der Waals surface area contributed by atoms with Gasteiger partial charge in [0.2, 0.25) is 0 Å². The number of hydrogen-bond donors (Lipinski definition) is 2. The topological polar surface area (TPSA) is 111 Å². The fourth-order valence-corrected chi connectivity index (χ4v) is 2.61. The summed E-state index contributed by atoms with van der Waals surface area (Å²) < 4.78 is 33.0. The number of para-hydroxylation sites is 1. The van der Waals surface area contributed by atoms with Gasteiger partial charge in [-0.3, -0.25) is 0 Å². The maximum absolute atomic E-state index is 11.8. The van der Waals surface area contributed by atoms with Crippen LogP contribution in [0.4, 0.5) is 10.5 Å². The average Bonchev–Trinajstić information content (AvgIpc) is 2.48. The van der Waals surface area contributed by atoms with Gasteiger partial charge in [-0.1, -0.05) is 18.2 Å². The number of alkyl carbamates (subject to hydrolysis) is 1. The van der Waals surface area contributed by atoms with Crippen molar-refractivity contribution in [3.63, 3.8) is 0 Å². The molecule has 2 unspecified atom stereocenters. The second kappa shape index (κ2) is 9.54. The molecule has 8 nitrogen and oxygen atoms in total. The predicted molar refractivity (Wildman–Crippen MR) is 98.2 cm³/mol. The van der Waals surface area contributed by atoms with Crippen LogP contribution in [0.2, 0.25) is 0 Å². The van der Waals surface area contributed by atoms with Crippen molar-refractivity contribution in [2.24, 2.45) is 0 Å². The zero-order chi connectivity index (χ0) is 19.8. The van der Waals surface area contributed by atoms with E-state index < -0.39 is 34.1 Å². The van der Waals surface area contributed by atoms with Crippen molar-refractivity contribution in [1.29, 1.82) is 0 Å². The summed E-state index contributed by atoms with van der Waals surface area (Å²) >= 11 is 0. The van der Waals surface area contributed by atoms with Gasteiger partial charge >= 0.3 is 6.09 Å². The molecule has 0 bridgehead atoms. The maximum Gasteiger partial charge on any atom is 0.408 e. The molecule has 1 aromatic rings. The van der Waals surface area contributed by atoms with Crippen molar-refractivity contribution in [3.05, 3.63) is 30.3 Å². The van der Waals surface area contributed by atoms with Gasteiger partial charge in [0.1, 0.15) is 18.1 Å². The molecule has 0 heterocycles. The van der Waals surface area contributed by atoms with Crippen LogP contribution in [0, 0.1) is 0 Å². The molecule has 1 aromatic carbocycles. The Balaban J connectivity index is 2.67. The third kappa shape index (κ3) is 10.00. The number of anilines is 1. The SMILES string of the molecule is CC(C)(C)OC(=O)NC(C=O)CCC(Nc1ccccc1)OS(C)(=O)=O. The zero-order valence-electron chi connectivity index (χ0n) is 15.4. The van der Waals surface area contributed by atoms with E-state index in [0.29, 0.717) is 12.0 Å². The lowest BCUT2D eigenvalue weighted by molar-refractivity contribution is -0.109. The standard InChI is InChI=1S/C17H26N2O6S/c1-17(2,3)24-16(21)19-14(12-20)10-11-15(25-26(4,22)23)18-13-8-6-5-7-9-13/h5-9,12,14-15,18H,10-11H2,1-4H3,(H,19,21). The Kier molecular flexibility index (Phi) is 8.04. The highest BCUT2D eigenvalue weighted by molar-refractivity contribution is 7.86. The van der Waals surface area contributed by atoms with Crippen molar-refractivity contribution in [1.82, 2.24) is 5.32 Å². The summed E-state index contributed by atoms with van der Waals surface area (Å²) in [5, 5.41) is 5.39. The number of ether oxygens (including phenoxy) is 1. The molecule has 0 aliphatic rings. The molecule has 2 N–H and O–H groups in total. The summed E-state index contributed by atoms with van der Waals surface area (Å²) in [5.41, 5.74) is -0.0159. The van der Waals surface area contributed by atoms with E-state index in [2.05, 4.69) is 10.6 Å². The van der Waals surface area contributed by atoms with E-state index in [1.807, 2.05) is 6.07 Å². The van der Waals surface area contributed by atoms with Gasteiger partial charge in [0, 0.05) is 5.69 Å². The minimum atomic E-state index is -3.71. The second-order valence-electron chi connectivity index (χ2n) is 6.77. The van der Waals surface area contributed by atoms with Crippen molar-refractivity contribution >= 4 is 28.2 Å². The summed E-state index contributed by atoms with van der Waals surface area (Å²) in [6.45, 7) is 5.13. The van der Waals surface area contributed by atoms with Crippen LogP contribution in [0.5, 0.6) is 0 Å². The highest BCUT2D eigenvalue weighted by Gasteiger charge is 2.22. The van der Waals surface area contributed by atoms with Crippen LogP contribution in [-0.4, -0.2) is 44.9 Å². The smallest absolute Gasteiger partial charge is 0.408 e. The van der Waals surface area contributed by atoms with Crippen molar-refractivity contribution in [2.75, 3.05) is 11.6 Å². The van der Waals surface area contributed by atoms with Gasteiger partial charge in [0.15, 0.2) is 0 Å². The molecule has 0 aliphatic carbocycles. The maximum atomic E-state index is 11.8. The van der Waals surface area contributed by atoms with E-state index in [0.717, 1.165) is 6.26 Å². The molecule has 0 spiro atoms. The van der Waals surface area contributed by atoms with Crippen molar-refractivity contribution in [3.8, 4) is 0 Å². The molecular formula is C17H26N2O6S. The Morgan fingerprint density at radius 3 is 2.31 bits per heavy atom. The number of benzene rings is 1. The van der Waals surface area contributed by atoms with Crippen LogP contribution < -0.4 is 10.6 Å². The molecule has 0 saturated heterocycles. The molecule has 0 fully saturated rings. The van der Waals surface area contributed by atoms with Crippen LogP contribution in [0.15, 0.2) is 30.3 Å². The second-order valence-corrected chi connectivity index (χ2v) is 8.37. The first kappa shape index (κ1) is 21.9. The number of carbonyl (C=O) groups excluding carboxylic acids is 2. The van der Waals surface area contributed by atoms with E-state index in [9.17, 15) is 18.0 Å². The molecule has 0 saturated carbocycles. The van der Waals surface area contributed by atoms with Crippen LogP contribution in [0.3, 0.4) is 0 Å². The van der Waals surface area contributed by atoms with Crippen LogP contribution in [0.25, 0.3) is 0 Å². The van der Waals surface area contributed by atoms with Gasteiger partial charge in [0.05, 0.1) is 12.3 Å². The number of hydrogen-bond acceptors (Lipinski definition) is 7. The fraction of sp³-hybridized carbons (Fsp3) is 0.529. The molecule has 146 valence electrons. The van der Waals surface area contributed by atoms with Gasteiger partial charge in [-0.15, -0.1) is 0 Å². The molecular weight excluding hydrogens is 360 g/mol. The Hall–Kier alpha value is -2.13. The average molecular weight is 386 g/mol. The molecule has 1 amide bonds. The van der Waals surface area contributed by atoms with E-state index >= 15 is 0 Å². The molecule has 1 rings (SSSR count). The van der Waals surface area contributed by atoms with E-state index in [1.165, 1.54) is 0 Å². The van der Waals surface area contributed by atoms with Crippen LogP contribution in [-0.2, 0) is 23.8 Å². The van der Waals surface area contributed by atoms with E-state index in [-0.39, 0.29) is 12.8 Å². The van der Waals surface area contributed by atoms with E-state index in [1.54, 1.807) is 45.0 Å². The minimum Gasteiger partial charge on any atom is -0.444 e. The Morgan fingerprint density at radius 2 is 1.81 bits per heavy atom. The lowest BCUT2D eigenvalue weighted by atomic mass is 10.1. The Labute approximate surface area is 154 Å². The molecule has 2 atom stereocenters. The first-order chi connectivity index (χ1) is 12.0. The third-order valence-corrected chi connectivity index (χ3v) is 3.58. The highest BCUT2D eigenvalue weighted by Crippen LogP contribution is 2.14. The number of carbonyl (C=O) groups is 2. The van der Waals surface area contributed by atoms with Crippen molar-refractivity contribution in [2.45, 2.75) is 51.5 Å². The zero-order valence-corrected chi connectivity index (χ0v) is 16.2. The summed E-state index contributed by atoms with van der Waals surface area (Å²) in [5.74, 6) is 0. The van der Waals surface area contributed by atoms with Crippen molar-refractivity contribution < 1.29 is 26.9 Å². The number of amides is 1. The summed E-state index contributed by atoms with van der Waals surface area (Å²) in [6, 6.07) is 8.10. The van der Waals surface area contributed by atoms with Gasteiger partial charge < -0.3 is 20.2 Å². The van der Waals surface area contributed by atoms with Gasteiger partial charge in [-0.25, -0.2) is 8.98 Å². The van der Waals surface area contributed by atoms with Crippen LogP contribution >= 0.6 is 0 Å². The lowest BCUT2D eigenvalue weighted by Crippen LogP contribution is -2.41. The minimum absolute atomic E-state index is 0.168. The first-order valence-corrected chi connectivity index (χ1v) is 9.95. The third-order valence-electron chi connectivity index (χ3n) is 3.00. The molecule has 0 aliphatic heterocycles.